The highest BCUT2D eigenvalue weighted by Gasteiger charge is 2.20. The highest BCUT2D eigenvalue weighted by atomic mass is 16.5. The zero-order chi connectivity index (χ0) is 15.2. The molecule has 5 nitrogen and oxygen atoms in total. The standard InChI is InChI=1S/C16H24N2O3/c1-17(2)14-5-3-13(4-6-14)11-18-9-7-15(8-10-18)21-12-16(19)20/h3-6,15H,7-12H2,1-2H3,(H,19,20). The minimum absolute atomic E-state index is 0.0912. The number of ether oxygens (including phenoxy) is 1. The Bertz CT molecular complexity index is 451. The van der Waals surface area contributed by atoms with Gasteiger partial charge in [0.2, 0.25) is 0 Å². The van der Waals surface area contributed by atoms with E-state index in [1.807, 2.05) is 14.1 Å². The van der Waals surface area contributed by atoms with Crippen LogP contribution in [0.25, 0.3) is 0 Å². The third kappa shape index (κ3) is 5.02. The third-order valence-electron chi connectivity index (χ3n) is 3.84. The quantitative estimate of drug-likeness (QED) is 0.867. The molecule has 0 aromatic heterocycles. The summed E-state index contributed by atoms with van der Waals surface area (Å²) in [4.78, 5) is 15.0. The Balaban J connectivity index is 1.76. The number of anilines is 1. The van der Waals surface area contributed by atoms with Crippen LogP contribution in [0.2, 0.25) is 0 Å². The van der Waals surface area contributed by atoms with Crippen LogP contribution < -0.4 is 4.90 Å². The summed E-state index contributed by atoms with van der Waals surface area (Å²) in [7, 11) is 4.08. The lowest BCUT2D eigenvalue weighted by Crippen LogP contribution is -2.37. The van der Waals surface area contributed by atoms with E-state index < -0.39 is 5.97 Å². The van der Waals surface area contributed by atoms with Gasteiger partial charge in [0.25, 0.3) is 0 Å². The number of carboxylic acids is 1. The molecule has 0 radical (unpaired) electrons. The van der Waals surface area contributed by atoms with Crippen molar-refractivity contribution in [2.45, 2.75) is 25.5 Å². The zero-order valence-corrected chi connectivity index (χ0v) is 12.8. The van der Waals surface area contributed by atoms with Crippen LogP contribution >= 0.6 is 0 Å². The smallest absolute Gasteiger partial charge is 0.329 e. The first-order valence-electron chi connectivity index (χ1n) is 7.36. The summed E-state index contributed by atoms with van der Waals surface area (Å²) < 4.78 is 5.35. The predicted molar refractivity (Wildman–Crippen MR) is 82.7 cm³/mol. The van der Waals surface area contributed by atoms with Crippen molar-refractivity contribution in [1.29, 1.82) is 0 Å². The second kappa shape index (κ2) is 7.43. The van der Waals surface area contributed by atoms with Gasteiger partial charge in [0, 0.05) is 39.4 Å². The molecular weight excluding hydrogens is 268 g/mol. The van der Waals surface area contributed by atoms with Gasteiger partial charge in [-0.1, -0.05) is 12.1 Å². The van der Waals surface area contributed by atoms with Crippen molar-refractivity contribution in [3.05, 3.63) is 29.8 Å². The van der Waals surface area contributed by atoms with Gasteiger partial charge in [-0.15, -0.1) is 0 Å². The van der Waals surface area contributed by atoms with Gasteiger partial charge in [-0.25, -0.2) is 4.79 Å². The van der Waals surface area contributed by atoms with Gasteiger partial charge >= 0.3 is 5.97 Å². The van der Waals surface area contributed by atoms with Crippen LogP contribution in [0.3, 0.4) is 0 Å². The Kier molecular flexibility index (Phi) is 5.59. The fraction of sp³-hybridized carbons (Fsp3) is 0.562. The number of hydrogen-bond acceptors (Lipinski definition) is 4. The Morgan fingerprint density at radius 2 is 1.90 bits per heavy atom. The first-order chi connectivity index (χ1) is 10.0. The zero-order valence-electron chi connectivity index (χ0n) is 12.8. The van der Waals surface area contributed by atoms with Gasteiger partial charge in [0.05, 0.1) is 6.10 Å². The van der Waals surface area contributed by atoms with E-state index in [0.717, 1.165) is 32.5 Å². The summed E-state index contributed by atoms with van der Waals surface area (Å²) in [5.41, 5.74) is 2.52. The average Bonchev–Trinajstić information content (AvgIpc) is 2.47. The number of piperidine rings is 1. The summed E-state index contributed by atoms with van der Waals surface area (Å²) in [6.07, 6.45) is 1.90. The van der Waals surface area contributed by atoms with Gasteiger partial charge in [-0.3, -0.25) is 4.90 Å². The maximum Gasteiger partial charge on any atom is 0.329 e. The highest BCUT2D eigenvalue weighted by Crippen LogP contribution is 2.18. The molecule has 0 amide bonds. The molecular formula is C16H24N2O3. The van der Waals surface area contributed by atoms with E-state index in [4.69, 9.17) is 9.84 Å². The van der Waals surface area contributed by atoms with Crippen molar-refractivity contribution in [1.82, 2.24) is 4.90 Å². The lowest BCUT2D eigenvalue weighted by molar-refractivity contribution is -0.145. The SMILES string of the molecule is CN(C)c1ccc(CN2CCC(OCC(=O)O)CC2)cc1. The summed E-state index contributed by atoms with van der Waals surface area (Å²) in [6.45, 7) is 2.68. The normalized spacial score (nSPS) is 16.9. The molecule has 116 valence electrons. The van der Waals surface area contributed by atoms with Gasteiger partial charge < -0.3 is 14.7 Å². The van der Waals surface area contributed by atoms with E-state index in [9.17, 15) is 4.79 Å². The third-order valence-corrected chi connectivity index (χ3v) is 3.84. The molecule has 1 aromatic rings. The van der Waals surface area contributed by atoms with Gasteiger partial charge in [-0.05, 0) is 30.5 Å². The van der Waals surface area contributed by atoms with Crippen molar-refractivity contribution < 1.29 is 14.6 Å². The number of likely N-dealkylation sites (tertiary alicyclic amines) is 1. The number of carboxylic acid groups (broad SMARTS) is 1. The monoisotopic (exact) mass is 292 g/mol. The van der Waals surface area contributed by atoms with Crippen molar-refractivity contribution >= 4 is 11.7 Å². The van der Waals surface area contributed by atoms with Gasteiger partial charge in [0.15, 0.2) is 0 Å². The molecule has 2 rings (SSSR count). The van der Waals surface area contributed by atoms with E-state index in [2.05, 4.69) is 34.1 Å². The molecule has 5 heteroatoms. The van der Waals surface area contributed by atoms with Crippen LogP contribution in [-0.2, 0) is 16.1 Å². The first-order valence-corrected chi connectivity index (χ1v) is 7.36. The molecule has 1 aromatic carbocycles. The molecule has 0 unspecified atom stereocenters. The van der Waals surface area contributed by atoms with Crippen LogP contribution in [0.5, 0.6) is 0 Å². The summed E-state index contributed by atoms with van der Waals surface area (Å²) >= 11 is 0. The van der Waals surface area contributed by atoms with Crippen LogP contribution in [0.4, 0.5) is 5.69 Å². The molecule has 1 aliphatic rings. The van der Waals surface area contributed by atoms with Crippen LogP contribution in [0.1, 0.15) is 18.4 Å². The summed E-state index contributed by atoms with van der Waals surface area (Å²) in [5, 5.41) is 8.61. The van der Waals surface area contributed by atoms with Crippen molar-refractivity contribution in [2.24, 2.45) is 0 Å². The fourth-order valence-electron chi connectivity index (χ4n) is 2.58. The minimum atomic E-state index is -0.890. The van der Waals surface area contributed by atoms with Crippen molar-refractivity contribution in [3.63, 3.8) is 0 Å². The number of rotatable bonds is 6. The van der Waals surface area contributed by atoms with Crippen LogP contribution in [0, 0.1) is 0 Å². The second-order valence-electron chi connectivity index (χ2n) is 5.74. The summed E-state index contributed by atoms with van der Waals surface area (Å²) in [6, 6.07) is 8.61. The maximum atomic E-state index is 10.5. The lowest BCUT2D eigenvalue weighted by atomic mass is 10.1. The van der Waals surface area contributed by atoms with E-state index in [1.54, 1.807) is 0 Å². The molecule has 0 bridgehead atoms. The van der Waals surface area contributed by atoms with E-state index in [-0.39, 0.29) is 12.7 Å². The maximum absolute atomic E-state index is 10.5. The molecule has 1 heterocycles. The van der Waals surface area contributed by atoms with Gasteiger partial charge in [-0.2, -0.15) is 0 Å². The predicted octanol–water partition coefficient (Wildman–Crippen LogP) is 1.82. The Morgan fingerprint density at radius 3 is 2.43 bits per heavy atom. The van der Waals surface area contributed by atoms with E-state index in [0.29, 0.717) is 0 Å². The molecule has 0 saturated carbocycles. The largest absolute Gasteiger partial charge is 0.480 e. The van der Waals surface area contributed by atoms with Crippen molar-refractivity contribution in [3.8, 4) is 0 Å². The van der Waals surface area contributed by atoms with Gasteiger partial charge in [0.1, 0.15) is 6.61 Å². The average molecular weight is 292 g/mol. The number of nitrogens with zero attached hydrogens (tertiary/aromatic N) is 2. The lowest BCUT2D eigenvalue weighted by Gasteiger charge is -2.31. The van der Waals surface area contributed by atoms with E-state index >= 15 is 0 Å². The number of carbonyl (C=O) groups is 1. The first kappa shape index (κ1) is 15.8. The minimum Gasteiger partial charge on any atom is -0.480 e. The van der Waals surface area contributed by atoms with Crippen LogP contribution in [-0.4, -0.2) is 55.9 Å². The Morgan fingerprint density at radius 1 is 1.29 bits per heavy atom. The Labute approximate surface area is 126 Å². The molecule has 1 saturated heterocycles. The molecule has 0 aliphatic carbocycles. The number of hydrogen-bond donors (Lipinski definition) is 1. The molecule has 1 N–H and O–H groups in total. The van der Waals surface area contributed by atoms with Crippen LogP contribution in [0.15, 0.2) is 24.3 Å². The number of benzene rings is 1. The molecule has 1 aliphatic heterocycles. The summed E-state index contributed by atoms with van der Waals surface area (Å²) in [5.74, 6) is -0.890. The number of aliphatic carboxylic acids is 1. The van der Waals surface area contributed by atoms with Crippen molar-refractivity contribution in [2.75, 3.05) is 38.7 Å². The highest BCUT2D eigenvalue weighted by molar-refractivity contribution is 5.68. The topological polar surface area (TPSA) is 53.0 Å². The molecule has 1 fully saturated rings. The molecule has 0 atom stereocenters. The van der Waals surface area contributed by atoms with E-state index in [1.165, 1.54) is 11.3 Å². The Hall–Kier alpha value is -1.59. The molecule has 0 spiro atoms. The molecule has 21 heavy (non-hydrogen) atoms. The fourth-order valence-corrected chi connectivity index (χ4v) is 2.58. The second-order valence-corrected chi connectivity index (χ2v) is 5.74.